The van der Waals surface area contributed by atoms with E-state index in [-0.39, 0.29) is 23.4 Å². The Labute approximate surface area is 219 Å². The van der Waals surface area contributed by atoms with Crippen molar-refractivity contribution in [2.75, 3.05) is 60.4 Å². The number of fused-ring (bicyclic) bond motifs is 2. The van der Waals surface area contributed by atoms with Crippen LogP contribution in [0.4, 0.5) is 21.5 Å². The molecule has 9 heteroatoms. The molecule has 1 atom stereocenters. The number of piperazine rings is 1. The normalized spacial score (nSPS) is 21.7. The van der Waals surface area contributed by atoms with Crippen LogP contribution in [0.3, 0.4) is 0 Å². The fourth-order valence-corrected chi connectivity index (χ4v) is 6.92. The smallest absolute Gasteiger partial charge is 0.273 e. The minimum Gasteiger partial charge on any atom is -0.497 e. The number of carbonyl (C=O) groups excluding carboxylic acids is 2. The first-order valence-corrected chi connectivity index (χ1v) is 13.4. The van der Waals surface area contributed by atoms with Crippen LogP contribution in [0.1, 0.15) is 5.56 Å². The molecule has 0 saturated carbocycles. The van der Waals surface area contributed by atoms with Gasteiger partial charge in [0.05, 0.1) is 44.7 Å². The monoisotopic (exact) mass is 519 g/mol. The second-order valence-electron chi connectivity index (χ2n) is 9.48. The molecule has 3 aliphatic rings. The number of halogens is 1. The van der Waals surface area contributed by atoms with Gasteiger partial charge in [0, 0.05) is 16.9 Å². The third-order valence-corrected chi connectivity index (χ3v) is 8.82. The molecule has 6 rings (SSSR count). The van der Waals surface area contributed by atoms with Crippen molar-refractivity contribution in [3.05, 3.63) is 84.2 Å². The Morgan fingerprint density at radius 1 is 0.946 bits per heavy atom. The summed E-state index contributed by atoms with van der Waals surface area (Å²) in [5, 5.41) is 0. The largest absolute Gasteiger partial charge is 0.497 e. The number of benzene rings is 3. The number of thioether (sulfide) groups is 1. The van der Waals surface area contributed by atoms with Gasteiger partial charge < -0.3 is 14.5 Å². The zero-order valence-electron chi connectivity index (χ0n) is 20.5. The molecule has 3 aliphatic heterocycles. The number of hydrogen-bond donors (Lipinski definition) is 1. The van der Waals surface area contributed by atoms with Gasteiger partial charge in [-0.1, -0.05) is 18.2 Å². The topological polar surface area (TPSA) is 57.5 Å². The molecule has 3 heterocycles. The summed E-state index contributed by atoms with van der Waals surface area (Å²) in [4.78, 5) is 33.4. The number of amides is 2. The molecule has 1 N–H and O–H groups in total. The summed E-state index contributed by atoms with van der Waals surface area (Å²) in [5.74, 6) is 0.540. The van der Waals surface area contributed by atoms with Crippen molar-refractivity contribution in [1.82, 2.24) is 0 Å². The van der Waals surface area contributed by atoms with Crippen molar-refractivity contribution in [3.8, 4) is 5.75 Å². The van der Waals surface area contributed by atoms with Gasteiger partial charge in [0.25, 0.3) is 5.91 Å². The van der Waals surface area contributed by atoms with Crippen LogP contribution >= 0.6 is 11.8 Å². The highest BCUT2D eigenvalue weighted by Gasteiger charge is 2.61. The predicted octanol–water partition coefficient (Wildman–Crippen LogP) is 2.48. The molecule has 2 fully saturated rings. The molecule has 3 aromatic rings. The number of quaternary nitrogens is 1. The van der Waals surface area contributed by atoms with Crippen molar-refractivity contribution in [2.24, 2.45) is 0 Å². The molecule has 37 heavy (non-hydrogen) atoms. The summed E-state index contributed by atoms with van der Waals surface area (Å²) in [6.45, 7) is 3.87. The van der Waals surface area contributed by atoms with Gasteiger partial charge in [-0.3, -0.25) is 19.4 Å². The number of hydrogen-bond acceptors (Lipinski definition) is 5. The summed E-state index contributed by atoms with van der Waals surface area (Å²) in [5.41, 5.74) is 3.41. The van der Waals surface area contributed by atoms with Crippen LogP contribution in [0.15, 0.2) is 72.8 Å². The first-order valence-electron chi connectivity index (χ1n) is 12.4. The Morgan fingerprint density at radius 3 is 2.32 bits per heavy atom. The average molecular weight is 520 g/mol. The summed E-state index contributed by atoms with van der Waals surface area (Å²) in [6.07, 6.45) is 0. The fourth-order valence-electron chi connectivity index (χ4n) is 5.56. The second-order valence-corrected chi connectivity index (χ2v) is 10.6. The van der Waals surface area contributed by atoms with Gasteiger partial charge in [-0.2, -0.15) is 0 Å². The molecule has 0 aromatic heterocycles. The van der Waals surface area contributed by atoms with E-state index in [0.717, 1.165) is 43.1 Å². The Kier molecular flexibility index (Phi) is 6.04. The summed E-state index contributed by atoms with van der Waals surface area (Å²) < 4.78 is 18.6. The van der Waals surface area contributed by atoms with E-state index in [2.05, 4.69) is 4.90 Å². The highest BCUT2D eigenvalue weighted by atomic mass is 32.2. The molecule has 2 saturated heterocycles. The molecule has 0 bridgehead atoms. The van der Waals surface area contributed by atoms with Crippen LogP contribution in [0.5, 0.6) is 5.75 Å². The van der Waals surface area contributed by atoms with Crippen LogP contribution in [0.2, 0.25) is 0 Å². The highest BCUT2D eigenvalue weighted by Crippen LogP contribution is 2.55. The van der Waals surface area contributed by atoms with E-state index < -0.39 is 4.87 Å². The lowest BCUT2D eigenvalue weighted by Crippen LogP contribution is -3.16. The van der Waals surface area contributed by atoms with Crippen LogP contribution in [0, 0.1) is 5.82 Å². The van der Waals surface area contributed by atoms with E-state index in [1.807, 2.05) is 65.6 Å². The average Bonchev–Trinajstić information content (AvgIpc) is 3.40. The van der Waals surface area contributed by atoms with E-state index >= 15 is 0 Å². The molecule has 1 unspecified atom stereocenters. The molecule has 1 spiro atoms. The molecule has 190 valence electrons. The zero-order chi connectivity index (χ0) is 25.6. The van der Waals surface area contributed by atoms with Crippen LogP contribution in [-0.2, 0) is 14.5 Å². The molecule has 0 radical (unpaired) electrons. The van der Waals surface area contributed by atoms with Gasteiger partial charge in [0.2, 0.25) is 10.8 Å². The summed E-state index contributed by atoms with van der Waals surface area (Å²) >= 11 is 1.39. The maximum absolute atomic E-state index is 14.3. The van der Waals surface area contributed by atoms with E-state index in [1.54, 1.807) is 12.0 Å². The number of ether oxygens (including phenoxy) is 1. The fraction of sp³-hybridized carbons (Fsp3) is 0.286. The van der Waals surface area contributed by atoms with E-state index in [9.17, 15) is 14.0 Å². The third kappa shape index (κ3) is 3.93. The Bertz CT molecular complexity index is 1330. The van der Waals surface area contributed by atoms with Crippen molar-refractivity contribution in [2.45, 2.75) is 4.87 Å². The lowest BCUT2D eigenvalue weighted by molar-refractivity contribution is -0.899. The molecule has 7 nitrogen and oxygen atoms in total. The molecular formula is C28H28FN4O3S+. The van der Waals surface area contributed by atoms with Crippen molar-refractivity contribution in [1.29, 1.82) is 0 Å². The van der Waals surface area contributed by atoms with Gasteiger partial charge in [-0.05, 0) is 54.6 Å². The molecule has 0 aliphatic carbocycles. The first kappa shape index (κ1) is 23.8. The number of nitrogens with zero attached hydrogens (tertiary/aromatic N) is 3. The van der Waals surface area contributed by atoms with Crippen LogP contribution < -0.4 is 24.3 Å². The van der Waals surface area contributed by atoms with Crippen LogP contribution in [-0.4, -0.2) is 57.5 Å². The number of rotatable bonds is 5. The third-order valence-electron chi connectivity index (χ3n) is 7.44. The second kappa shape index (κ2) is 9.39. The maximum atomic E-state index is 14.3. The highest BCUT2D eigenvalue weighted by molar-refractivity contribution is 8.02. The summed E-state index contributed by atoms with van der Waals surface area (Å²) in [7, 11) is 1.60. The number of methoxy groups -OCH3 is 1. The first-order chi connectivity index (χ1) is 18.0. The van der Waals surface area contributed by atoms with Gasteiger partial charge in [0.15, 0.2) is 6.67 Å². The quantitative estimate of drug-likeness (QED) is 0.562. The van der Waals surface area contributed by atoms with E-state index in [0.29, 0.717) is 18.1 Å². The summed E-state index contributed by atoms with van der Waals surface area (Å²) in [6, 6.07) is 21.7. The Balaban J connectivity index is 1.26. The van der Waals surface area contributed by atoms with Crippen molar-refractivity contribution >= 4 is 40.6 Å². The van der Waals surface area contributed by atoms with Crippen LogP contribution in [0.25, 0.3) is 0 Å². The number of para-hydroxylation sites is 1. The predicted molar refractivity (Wildman–Crippen MR) is 143 cm³/mol. The lowest BCUT2D eigenvalue weighted by Gasteiger charge is -2.36. The van der Waals surface area contributed by atoms with Crippen molar-refractivity contribution in [3.63, 3.8) is 0 Å². The number of nitrogens with one attached hydrogen (secondary N) is 1. The molecular weight excluding hydrogens is 491 g/mol. The molecule has 3 aromatic carbocycles. The van der Waals surface area contributed by atoms with E-state index in [1.165, 1.54) is 28.8 Å². The Morgan fingerprint density at radius 2 is 1.62 bits per heavy atom. The van der Waals surface area contributed by atoms with Gasteiger partial charge in [-0.25, -0.2) is 4.39 Å². The van der Waals surface area contributed by atoms with E-state index in [4.69, 9.17) is 4.74 Å². The standard InChI is InChI=1S/C28H27FN4O3S/c1-36-23-12-10-22(11-13-23)33-26(34)18-37-28(33)24-4-2-3-5-25(24)32(27(28)35)19-30-14-16-31(17-15-30)21-8-6-20(29)7-9-21/h2-13H,14-19H2,1H3/p+1. The SMILES string of the molecule is COc1ccc(N2C(=O)CSC23C(=O)N(C[NH+]2CCN(c4ccc(F)cc4)CC2)c2ccccc23)cc1. The number of carbonyl (C=O) groups is 2. The van der Waals surface area contributed by atoms with Crippen molar-refractivity contribution < 1.29 is 23.6 Å². The minimum absolute atomic E-state index is 0.0752. The zero-order valence-corrected chi connectivity index (χ0v) is 21.3. The minimum atomic E-state index is -1.11. The Hall–Kier alpha value is -3.56. The lowest BCUT2D eigenvalue weighted by atomic mass is 10.0. The number of anilines is 3. The van der Waals surface area contributed by atoms with Gasteiger partial charge in [0.1, 0.15) is 11.6 Å². The van der Waals surface area contributed by atoms with Gasteiger partial charge in [-0.15, -0.1) is 11.8 Å². The van der Waals surface area contributed by atoms with Gasteiger partial charge >= 0.3 is 0 Å². The molecule has 2 amide bonds. The maximum Gasteiger partial charge on any atom is 0.273 e.